The zero-order valence-corrected chi connectivity index (χ0v) is 11.0. The maximum Gasteiger partial charge on any atom is 0.0685 e. The van der Waals surface area contributed by atoms with Crippen LogP contribution in [0.3, 0.4) is 0 Å². The fourth-order valence-corrected chi connectivity index (χ4v) is 2.05. The highest BCUT2D eigenvalue weighted by atomic mass is 15.3. The Balaban J connectivity index is 2.27. The van der Waals surface area contributed by atoms with Crippen LogP contribution in [-0.2, 0) is 20.0 Å². The van der Waals surface area contributed by atoms with Gasteiger partial charge in [-0.25, -0.2) is 0 Å². The van der Waals surface area contributed by atoms with Crippen LogP contribution in [0.25, 0.3) is 0 Å². The molecule has 17 heavy (non-hydrogen) atoms. The van der Waals surface area contributed by atoms with Gasteiger partial charge in [-0.05, 0) is 24.0 Å². The average molecular weight is 232 g/mol. The van der Waals surface area contributed by atoms with Gasteiger partial charge in [-0.1, -0.05) is 13.8 Å². The second-order valence-corrected chi connectivity index (χ2v) is 4.75. The van der Waals surface area contributed by atoms with Crippen LogP contribution in [0.2, 0.25) is 0 Å². The van der Waals surface area contributed by atoms with Crippen molar-refractivity contribution >= 4 is 0 Å². The predicted molar refractivity (Wildman–Crippen MR) is 68.0 cm³/mol. The number of aromatic nitrogens is 4. The molecule has 2 aromatic rings. The van der Waals surface area contributed by atoms with Gasteiger partial charge in [0.1, 0.15) is 0 Å². The molecule has 2 rings (SSSR count). The van der Waals surface area contributed by atoms with E-state index in [1.807, 2.05) is 22.6 Å². The zero-order valence-electron chi connectivity index (χ0n) is 11.0. The van der Waals surface area contributed by atoms with Crippen molar-refractivity contribution < 1.29 is 0 Å². The Hall–Kier alpha value is -1.58. The predicted octanol–water partition coefficient (Wildman–Crippen LogP) is 2.35. The smallest absolute Gasteiger partial charge is 0.0685 e. The SMILES string of the molecule is CCn1cc(Cc2cnn(C)c2)c(C(C)C)n1. The summed E-state index contributed by atoms with van der Waals surface area (Å²) in [5.41, 5.74) is 3.76. The Morgan fingerprint density at radius 3 is 2.59 bits per heavy atom. The van der Waals surface area contributed by atoms with Crippen LogP contribution in [-0.4, -0.2) is 19.6 Å². The molecule has 0 unspecified atom stereocenters. The molecule has 0 aliphatic carbocycles. The maximum atomic E-state index is 4.62. The number of aryl methyl sites for hydroxylation is 2. The first-order valence-corrected chi connectivity index (χ1v) is 6.14. The molecule has 0 aliphatic rings. The highest BCUT2D eigenvalue weighted by molar-refractivity contribution is 5.26. The lowest BCUT2D eigenvalue weighted by atomic mass is 10.0. The number of rotatable bonds is 4. The van der Waals surface area contributed by atoms with Crippen LogP contribution in [0.1, 0.15) is 43.5 Å². The molecule has 0 fully saturated rings. The summed E-state index contributed by atoms with van der Waals surface area (Å²) in [5, 5.41) is 8.82. The number of hydrogen-bond donors (Lipinski definition) is 0. The van der Waals surface area contributed by atoms with Crippen molar-refractivity contribution in [3.8, 4) is 0 Å². The lowest BCUT2D eigenvalue weighted by molar-refractivity contribution is 0.635. The standard InChI is InChI=1S/C13H20N4/c1-5-17-9-12(13(15-17)10(2)3)6-11-7-14-16(4)8-11/h7-10H,5-6H2,1-4H3. The monoisotopic (exact) mass is 232 g/mol. The van der Waals surface area contributed by atoms with Gasteiger partial charge in [0.15, 0.2) is 0 Å². The molecule has 2 heterocycles. The quantitative estimate of drug-likeness (QED) is 0.811. The average Bonchev–Trinajstić information content (AvgIpc) is 2.85. The molecule has 92 valence electrons. The first kappa shape index (κ1) is 11.9. The number of nitrogens with zero attached hydrogens (tertiary/aromatic N) is 4. The summed E-state index contributed by atoms with van der Waals surface area (Å²) < 4.78 is 3.86. The third-order valence-electron chi connectivity index (χ3n) is 2.89. The summed E-state index contributed by atoms with van der Waals surface area (Å²) in [5.74, 6) is 0.467. The van der Waals surface area contributed by atoms with Crippen molar-refractivity contribution in [2.45, 2.75) is 39.7 Å². The van der Waals surface area contributed by atoms with Gasteiger partial charge in [-0.2, -0.15) is 10.2 Å². The minimum atomic E-state index is 0.467. The van der Waals surface area contributed by atoms with E-state index in [-0.39, 0.29) is 0 Å². The van der Waals surface area contributed by atoms with Gasteiger partial charge in [0, 0.05) is 32.4 Å². The van der Waals surface area contributed by atoms with Crippen molar-refractivity contribution in [2.75, 3.05) is 0 Å². The van der Waals surface area contributed by atoms with Crippen molar-refractivity contribution in [2.24, 2.45) is 7.05 Å². The van der Waals surface area contributed by atoms with Gasteiger partial charge >= 0.3 is 0 Å². The van der Waals surface area contributed by atoms with Crippen LogP contribution in [0.4, 0.5) is 0 Å². The fraction of sp³-hybridized carbons (Fsp3) is 0.538. The van der Waals surface area contributed by atoms with E-state index >= 15 is 0 Å². The van der Waals surface area contributed by atoms with Gasteiger partial charge in [-0.15, -0.1) is 0 Å². The fourth-order valence-electron chi connectivity index (χ4n) is 2.05. The summed E-state index contributed by atoms with van der Waals surface area (Å²) >= 11 is 0. The lowest BCUT2D eigenvalue weighted by Gasteiger charge is -2.03. The van der Waals surface area contributed by atoms with E-state index in [0.29, 0.717) is 5.92 Å². The molecule has 0 aromatic carbocycles. The highest BCUT2D eigenvalue weighted by Crippen LogP contribution is 2.20. The Labute approximate surface area is 102 Å². The molecule has 2 aromatic heterocycles. The first-order valence-electron chi connectivity index (χ1n) is 6.14. The molecular formula is C13H20N4. The molecule has 0 atom stereocenters. The van der Waals surface area contributed by atoms with E-state index in [9.17, 15) is 0 Å². The van der Waals surface area contributed by atoms with Crippen molar-refractivity contribution in [1.82, 2.24) is 19.6 Å². The van der Waals surface area contributed by atoms with Crippen molar-refractivity contribution in [1.29, 1.82) is 0 Å². The third kappa shape index (κ3) is 2.57. The molecule has 0 amide bonds. The summed E-state index contributed by atoms with van der Waals surface area (Å²) in [6.07, 6.45) is 7.06. The van der Waals surface area contributed by atoms with Crippen molar-refractivity contribution in [3.05, 3.63) is 35.4 Å². The van der Waals surface area contributed by atoms with Crippen molar-refractivity contribution in [3.63, 3.8) is 0 Å². The second-order valence-electron chi connectivity index (χ2n) is 4.75. The summed E-state index contributed by atoms with van der Waals surface area (Å²) in [4.78, 5) is 0. The van der Waals surface area contributed by atoms with E-state index < -0.39 is 0 Å². The topological polar surface area (TPSA) is 35.6 Å². The zero-order chi connectivity index (χ0) is 12.4. The third-order valence-corrected chi connectivity index (χ3v) is 2.89. The molecule has 0 saturated heterocycles. The molecule has 0 radical (unpaired) electrons. The van der Waals surface area contributed by atoms with Gasteiger partial charge in [0.05, 0.1) is 11.9 Å². The summed E-state index contributed by atoms with van der Waals surface area (Å²) in [6.45, 7) is 7.42. The molecule has 0 bridgehead atoms. The molecule has 0 spiro atoms. The van der Waals surface area contributed by atoms with Gasteiger partial charge in [-0.3, -0.25) is 9.36 Å². The van der Waals surface area contributed by atoms with Crippen LogP contribution >= 0.6 is 0 Å². The van der Waals surface area contributed by atoms with Crippen LogP contribution in [0.5, 0.6) is 0 Å². The largest absolute Gasteiger partial charge is 0.276 e. The maximum absolute atomic E-state index is 4.62. The second kappa shape index (κ2) is 4.73. The molecule has 0 N–H and O–H groups in total. The Morgan fingerprint density at radius 2 is 2.06 bits per heavy atom. The molecule has 0 saturated carbocycles. The van der Waals surface area contributed by atoms with E-state index in [0.717, 1.165) is 13.0 Å². The van der Waals surface area contributed by atoms with Gasteiger partial charge in [0.2, 0.25) is 0 Å². The molecule has 0 aliphatic heterocycles. The molecule has 4 nitrogen and oxygen atoms in total. The minimum absolute atomic E-state index is 0.467. The minimum Gasteiger partial charge on any atom is -0.276 e. The van der Waals surface area contributed by atoms with Crippen LogP contribution in [0, 0.1) is 0 Å². The van der Waals surface area contributed by atoms with Gasteiger partial charge < -0.3 is 0 Å². The number of hydrogen-bond acceptors (Lipinski definition) is 2. The first-order chi connectivity index (χ1) is 8.10. The van der Waals surface area contributed by atoms with Crippen LogP contribution in [0.15, 0.2) is 18.6 Å². The Kier molecular flexibility index (Phi) is 3.31. The Bertz CT molecular complexity index is 493. The molecule has 4 heteroatoms. The summed E-state index contributed by atoms with van der Waals surface area (Å²) in [7, 11) is 1.95. The lowest BCUT2D eigenvalue weighted by Crippen LogP contribution is -1.97. The van der Waals surface area contributed by atoms with E-state index in [1.165, 1.54) is 16.8 Å². The van der Waals surface area contributed by atoms with E-state index in [2.05, 4.69) is 43.4 Å². The van der Waals surface area contributed by atoms with E-state index in [4.69, 9.17) is 0 Å². The molecular weight excluding hydrogens is 212 g/mol. The van der Waals surface area contributed by atoms with E-state index in [1.54, 1.807) is 0 Å². The van der Waals surface area contributed by atoms with Gasteiger partial charge in [0.25, 0.3) is 0 Å². The summed E-state index contributed by atoms with van der Waals surface area (Å²) in [6, 6.07) is 0. The Morgan fingerprint density at radius 1 is 1.29 bits per heavy atom. The van der Waals surface area contributed by atoms with Crippen LogP contribution < -0.4 is 0 Å². The normalized spacial score (nSPS) is 11.4. The highest BCUT2D eigenvalue weighted by Gasteiger charge is 2.12.